The fourth-order valence-corrected chi connectivity index (χ4v) is 3.93. The molecule has 36 heavy (non-hydrogen) atoms. The first-order valence-corrected chi connectivity index (χ1v) is 12.0. The maximum atomic E-state index is 13.5. The van der Waals surface area contributed by atoms with Crippen LogP contribution in [0.5, 0.6) is 11.6 Å². The van der Waals surface area contributed by atoms with Gasteiger partial charge in [0.25, 0.3) is 0 Å². The Labute approximate surface area is 215 Å². The number of ether oxygens (including phenoxy) is 1. The maximum absolute atomic E-state index is 13.5. The second kappa shape index (κ2) is 11.3. The number of halogens is 2. The number of urea groups is 1. The highest BCUT2D eigenvalue weighted by molar-refractivity contribution is 6.30. The molecule has 0 unspecified atom stereocenters. The van der Waals surface area contributed by atoms with Crippen molar-refractivity contribution in [3.63, 3.8) is 0 Å². The summed E-state index contributed by atoms with van der Waals surface area (Å²) in [4.78, 5) is 14.9. The predicted octanol–water partition coefficient (Wildman–Crippen LogP) is 6.89. The Morgan fingerprint density at radius 3 is 2.44 bits per heavy atom. The lowest BCUT2D eigenvalue weighted by atomic mass is 10.2. The van der Waals surface area contributed by atoms with Gasteiger partial charge < -0.3 is 15.0 Å². The van der Waals surface area contributed by atoms with Gasteiger partial charge in [-0.15, -0.1) is 0 Å². The summed E-state index contributed by atoms with van der Waals surface area (Å²) in [6.45, 7) is 6.20. The summed E-state index contributed by atoms with van der Waals surface area (Å²) in [5, 5.41) is 8.26. The van der Waals surface area contributed by atoms with Crippen LogP contribution in [0.2, 0.25) is 5.02 Å². The molecule has 0 aliphatic rings. The summed E-state index contributed by atoms with van der Waals surface area (Å²) in [6.07, 6.45) is 0. The van der Waals surface area contributed by atoms with Crippen molar-refractivity contribution in [1.29, 1.82) is 0 Å². The largest absolute Gasteiger partial charge is 0.439 e. The minimum absolute atomic E-state index is 0.0523. The number of aryl methyl sites for hydroxylation is 1. The molecule has 0 saturated heterocycles. The molecule has 8 heteroatoms. The van der Waals surface area contributed by atoms with Crippen molar-refractivity contribution in [3.05, 3.63) is 107 Å². The molecule has 2 amide bonds. The lowest BCUT2D eigenvalue weighted by Crippen LogP contribution is -2.42. The monoisotopic (exact) mass is 506 g/mol. The summed E-state index contributed by atoms with van der Waals surface area (Å²) < 4.78 is 21.5. The highest BCUT2D eigenvalue weighted by atomic mass is 35.5. The molecule has 3 aromatic carbocycles. The van der Waals surface area contributed by atoms with E-state index < -0.39 is 0 Å². The van der Waals surface area contributed by atoms with Gasteiger partial charge in [-0.2, -0.15) is 5.10 Å². The average molecular weight is 507 g/mol. The molecular weight excluding hydrogens is 479 g/mol. The fourth-order valence-electron chi connectivity index (χ4n) is 3.75. The van der Waals surface area contributed by atoms with Crippen LogP contribution in [0.15, 0.2) is 78.9 Å². The number of rotatable bonds is 8. The smallest absolute Gasteiger partial charge is 0.318 e. The topological polar surface area (TPSA) is 59.4 Å². The van der Waals surface area contributed by atoms with Crippen LogP contribution in [0.1, 0.15) is 30.7 Å². The molecule has 1 heterocycles. The molecule has 0 atom stereocenters. The quantitative estimate of drug-likeness (QED) is 0.283. The molecule has 0 fully saturated rings. The summed E-state index contributed by atoms with van der Waals surface area (Å²) in [5.74, 6) is 0.801. The van der Waals surface area contributed by atoms with Gasteiger partial charge >= 0.3 is 6.03 Å². The Morgan fingerprint density at radius 2 is 1.78 bits per heavy atom. The lowest BCUT2D eigenvalue weighted by molar-refractivity contribution is 0.189. The van der Waals surface area contributed by atoms with Crippen molar-refractivity contribution in [1.82, 2.24) is 20.0 Å². The molecule has 0 radical (unpaired) electrons. The molecule has 0 aliphatic carbocycles. The maximum Gasteiger partial charge on any atom is 0.318 e. The number of nitrogens with one attached hydrogen (secondary N) is 1. The van der Waals surface area contributed by atoms with Crippen molar-refractivity contribution in [3.8, 4) is 17.3 Å². The Bertz CT molecular complexity index is 1320. The van der Waals surface area contributed by atoms with Gasteiger partial charge in [0.1, 0.15) is 11.6 Å². The third-order valence-electron chi connectivity index (χ3n) is 5.48. The molecule has 0 saturated carbocycles. The normalized spacial score (nSPS) is 10.9. The molecule has 1 aromatic heterocycles. The Kier molecular flexibility index (Phi) is 7.90. The third kappa shape index (κ3) is 6.23. The van der Waals surface area contributed by atoms with Gasteiger partial charge in [0.05, 0.1) is 23.5 Å². The number of hydrogen-bond donors (Lipinski definition) is 1. The summed E-state index contributed by atoms with van der Waals surface area (Å²) in [6, 6.07) is 22.6. The number of carbonyl (C=O) groups excluding carboxylic acids is 1. The van der Waals surface area contributed by atoms with Crippen molar-refractivity contribution < 1.29 is 13.9 Å². The van der Waals surface area contributed by atoms with Gasteiger partial charge in [0.2, 0.25) is 5.88 Å². The van der Waals surface area contributed by atoms with Crippen LogP contribution < -0.4 is 10.1 Å². The third-order valence-corrected chi connectivity index (χ3v) is 5.72. The van der Waals surface area contributed by atoms with Crippen LogP contribution in [0.3, 0.4) is 0 Å². The van der Waals surface area contributed by atoms with Crippen LogP contribution in [0.25, 0.3) is 5.69 Å². The molecular formula is C28H28ClFN4O2. The summed E-state index contributed by atoms with van der Waals surface area (Å²) >= 11 is 6.26. The van der Waals surface area contributed by atoms with Crippen molar-refractivity contribution in [2.24, 2.45) is 0 Å². The van der Waals surface area contributed by atoms with E-state index in [4.69, 9.17) is 21.4 Å². The zero-order chi connectivity index (χ0) is 25.7. The zero-order valence-corrected chi connectivity index (χ0v) is 21.2. The molecule has 1 N–H and O–H groups in total. The highest BCUT2D eigenvalue weighted by Crippen LogP contribution is 2.32. The van der Waals surface area contributed by atoms with Gasteiger partial charge in [0.15, 0.2) is 0 Å². The lowest BCUT2D eigenvalue weighted by Gasteiger charge is -2.25. The zero-order valence-electron chi connectivity index (χ0n) is 20.4. The van der Waals surface area contributed by atoms with Gasteiger partial charge in [-0.1, -0.05) is 48.0 Å². The fraction of sp³-hybridized carbons (Fsp3) is 0.214. The van der Waals surface area contributed by atoms with E-state index >= 15 is 0 Å². The number of benzene rings is 3. The average Bonchev–Trinajstić information content (AvgIpc) is 3.15. The minimum Gasteiger partial charge on any atom is -0.439 e. The van der Waals surface area contributed by atoms with E-state index in [0.717, 1.165) is 16.8 Å². The molecule has 6 nitrogen and oxygen atoms in total. The van der Waals surface area contributed by atoms with Gasteiger partial charge in [-0.05, 0) is 68.8 Å². The number of carbonyl (C=O) groups is 1. The van der Waals surface area contributed by atoms with E-state index in [2.05, 4.69) is 5.32 Å². The molecule has 0 spiro atoms. The Morgan fingerprint density at radius 1 is 1.06 bits per heavy atom. The number of aromatic nitrogens is 2. The van der Waals surface area contributed by atoms with Crippen LogP contribution in [0, 0.1) is 12.7 Å². The Hall–Kier alpha value is -3.84. The van der Waals surface area contributed by atoms with E-state index in [1.807, 2.05) is 63.2 Å². The minimum atomic E-state index is -0.325. The predicted molar refractivity (Wildman–Crippen MR) is 139 cm³/mol. The van der Waals surface area contributed by atoms with Crippen LogP contribution in [-0.4, -0.2) is 26.8 Å². The summed E-state index contributed by atoms with van der Waals surface area (Å²) in [7, 11) is 0. The van der Waals surface area contributed by atoms with Crippen molar-refractivity contribution in [2.45, 2.75) is 39.9 Å². The number of amides is 2. The second-order valence-corrected chi connectivity index (χ2v) is 9.20. The number of hydrogen-bond acceptors (Lipinski definition) is 3. The van der Waals surface area contributed by atoms with Crippen molar-refractivity contribution >= 4 is 17.6 Å². The Balaban J connectivity index is 1.76. The molecule has 0 bridgehead atoms. The SMILES string of the molecule is Cc1nn(-c2cccc(Cl)c2)c(Oc2ccccc2)c1CN(Cc1ccc(F)cc1)C(=O)NC(C)C. The highest BCUT2D eigenvalue weighted by Gasteiger charge is 2.24. The van der Waals surface area contributed by atoms with Crippen molar-refractivity contribution in [2.75, 3.05) is 0 Å². The van der Waals surface area contributed by atoms with E-state index in [-0.39, 0.29) is 31.0 Å². The first-order chi connectivity index (χ1) is 17.3. The van der Waals surface area contributed by atoms with E-state index in [9.17, 15) is 9.18 Å². The molecule has 0 aliphatic heterocycles. The second-order valence-electron chi connectivity index (χ2n) is 8.76. The van der Waals surface area contributed by atoms with E-state index in [0.29, 0.717) is 22.3 Å². The van der Waals surface area contributed by atoms with E-state index in [1.165, 1.54) is 12.1 Å². The first-order valence-electron chi connectivity index (χ1n) is 11.7. The van der Waals surface area contributed by atoms with E-state index in [1.54, 1.807) is 33.8 Å². The van der Waals surface area contributed by atoms with Gasteiger partial charge in [-0.25, -0.2) is 13.9 Å². The molecule has 186 valence electrons. The van der Waals surface area contributed by atoms with Crippen LogP contribution in [0.4, 0.5) is 9.18 Å². The number of para-hydroxylation sites is 1. The van der Waals surface area contributed by atoms with Crippen LogP contribution in [-0.2, 0) is 13.1 Å². The number of nitrogens with zero attached hydrogens (tertiary/aromatic N) is 3. The standard InChI is InChI=1S/C28H28ClFN4O2/c1-19(2)31-28(35)33(17-21-12-14-23(30)15-13-21)18-26-20(3)32-34(24-9-7-8-22(29)16-24)27(26)36-25-10-5-4-6-11-25/h4-16,19H,17-18H2,1-3H3,(H,31,35). The van der Waals surface area contributed by atoms with Crippen LogP contribution >= 0.6 is 11.6 Å². The van der Waals surface area contributed by atoms with Gasteiger partial charge in [0, 0.05) is 17.6 Å². The molecule has 4 rings (SSSR count). The first kappa shape index (κ1) is 25.3. The van der Waals surface area contributed by atoms with Gasteiger partial charge in [-0.3, -0.25) is 0 Å². The summed E-state index contributed by atoms with van der Waals surface area (Å²) in [5.41, 5.74) is 3.00. The molecule has 4 aromatic rings.